The van der Waals surface area contributed by atoms with Crippen molar-refractivity contribution in [2.45, 2.75) is 0 Å². The summed E-state index contributed by atoms with van der Waals surface area (Å²) in [6.07, 6.45) is 1.45. The molecule has 0 atom stereocenters. The van der Waals surface area contributed by atoms with Gasteiger partial charge in [-0.05, 0) is 24.3 Å². The Bertz CT molecular complexity index is 839. The van der Waals surface area contributed by atoms with Crippen molar-refractivity contribution in [3.8, 4) is 23.1 Å². The molecule has 23 heavy (non-hydrogen) atoms. The van der Waals surface area contributed by atoms with Crippen LogP contribution in [0.15, 0.2) is 60.9 Å². The monoisotopic (exact) mass is 302 g/mol. The lowest BCUT2D eigenvalue weighted by molar-refractivity contribution is 0.415. The van der Waals surface area contributed by atoms with Gasteiger partial charge in [0, 0.05) is 11.3 Å². The zero-order chi connectivity index (χ0) is 16.1. The minimum atomic E-state index is 0.412. The predicted octanol–water partition coefficient (Wildman–Crippen LogP) is 3.77. The Balaban J connectivity index is 1.98. The first kappa shape index (κ1) is 14.5. The molecule has 5 heteroatoms. The van der Waals surface area contributed by atoms with E-state index in [2.05, 4.69) is 21.4 Å². The molecule has 1 aromatic heterocycles. The molecule has 0 aliphatic rings. The summed E-state index contributed by atoms with van der Waals surface area (Å²) in [5, 5.41) is 12.7. The van der Waals surface area contributed by atoms with Gasteiger partial charge in [-0.25, -0.2) is 9.97 Å². The van der Waals surface area contributed by atoms with Gasteiger partial charge >= 0.3 is 0 Å². The normalized spacial score (nSPS) is 9.91. The van der Waals surface area contributed by atoms with Crippen molar-refractivity contribution in [1.29, 1.82) is 5.26 Å². The van der Waals surface area contributed by atoms with Crippen molar-refractivity contribution in [3.05, 3.63) is 66.5 Å². The molecular formula is C18H14N4O. The van der Waals surface area contributed by atoms with Crippen molar-refractivity contribution >= 4 is 11.5 Å². The largest absolute Gasteiger partial charge is 0.497 e. The number of benzene rings is 2. The number of nitrogens with zero attached hydrogens (tertiary/aromatic N) is 3. The Kier molecular flexibility index (Phi) is 4.16. The van der Waals surface area contributed by atoms with Gasteiger partial charge in [0.05, 0.1) is 12.8 Å². The van der Waals surface area contributed by atoms with E-state index < -0.39 is 0 Å². The second-order valence-corrected chi connectivity index (χ2v) is 4.78. The molecule has 2 aromatic carbocycles. The quantitative estimate of drug-likeness (QED) is 0.794. The summed E-state index contributed by atoms with van der Waals surface area (Å²) in [5.41, 5.74) is 2.72. The molecule has 0 unspecified atom stereocenters. The van der Waals surface area contributed by atoms with Crippen LogP contribution in [0.2, 0.25) is 0 Å². The van der Waals surface area contributed by atoms with Gasteiger partial charge in [0.25, 0.3) is 0 Å². The summed E-state index contributed by atoms with van der Waals surface area (Å²) in [4.78, 5) is 8.45. The van der Waals surface area contributed by atoms with Gasteiger partial charge < -0.3 is 10.1 Å². The molecule has 0 radical (unpaired) electrons. The van der Waals surface area contributed by atoms with E-state index in [1.165, 1.54) is 6.33 Å². The van der Waals surface area contributed by atoms with E-state index in [1.54, 1.807) is 7.11 Å². The van der Waals surface area contributed by atoms with Crippen LogP contribution in [-0.4, -0.2) is 17.1 Å². The fourth-order valence-corrected chi connectivity index (χ4v) is 2.21. The van der Waals surface area contributed by atoms with Crippen molar-refractivity contribution in [1.82, 2.24) is 9.97 Å². The highest BCUT2D eigenvalue weighted by Crippen LogP contribution is 2.27. The fourth-order valence-electron chi connectivity index (χ4n) is 2.21. The third-order valence-electron chi connectivity index (χ3n) is 3.36. The van der Waals surface area contributed by atoms with Crippen molar-refractivity contribution in [3.63, 3.8) is 0 Å². The first-order chi connectivity index (χ1) is 11.3. The highest BCUT2D eigenvalue weighted by Gasteiger charge is 2.12. The standard InChI is InChI=1S/C18H14N4O/c1-23-15-9-7-14(8-10-15)22-18-16(11-19)17(20-12-21-18)13-5-3-2-4-6-13/h2-10,12H,1H3,(H,20,21,22). The predicted molar refractivity (Wildman–Crippen MR) is 88.5 cm³/mol. The van der Waals surface area contributed by atoms with Crippen molar-refractivity contribution < 1.29 is 4.74 Å². The van der Waals surface area contributed by atoms with Crippen LogP contribution in [0.1, 0.15) is 5.56 Å². The highest BCUT2D eigenvalue weighted by molar-refractivity contribution is 5.74. The van der Waals surface area contributed by atoms with Crippen LogP contribution in [0, 0.1) is 11.3 Å². The zero-order valence-electron chi connectivity index (χ0n) is 12.5. The molecule has 0 fully saturated rings. The molecule has 112 valence electrons. The number of ether oxygens (including phenoxy) is 1. The number of aromatic nitrogens is 2. The molecule has 0 saturated heterocycles. The van der Waals surface area contributed by atoms with Crippen LogP contribution < -0.4 is 10.1 Å². The molecule has 5 nitrogen and oxygen atoms in total. The number of hydrogen-bond donors (Lipinski definition) is 1. The van der Waals surface area contributed by atoms with Gasteiger partial charge in [-0.2, -0.15) is 5.26 Å². The Morgan fingerprint density at radius 2 is 1.74 bits per heavy atom. The number of nitrogens with one attached hydrogen (secondary N) is 1. The van der Waals surface area contributed by atoms with E-state index in [0.717, 1.165) is 17.0 Å². The number of anilines is 2. The highest BCUT2D eigenvalue weighted by atomic mass is 16.5. The molecule has 0 aliphatic heterocycles. The molecule has 3 rings (SSSR count). The lowest BCUT2D eigenvalue weighted by Crippen LogP contribution is -2.00. The summed E-state index contributed by atoms with van der Waals surface area (Å²) in [5.74, 6) is 1.25. The summed E-state index contributed by atoms with van der Waals surface area (Å²) in [6.45, 7) is 0. The Morgan fingerprint density at radius 3 is 2.39 bits per heavy atom. The van der Waals surface area contributed by atoms with E-state index in [1.807, 2.05) is 54.6 Å². The van der Waals surface area contributed by atoms with Crippen molar-refractivity contribution in [2.24, 2.45) is 0 Å². The zero-order valence-corrected chi connectivity index (χ0v) is 12.5. The average Bonchev–Trinajstić information content (AvgIpc) is 2.63. The Morgan fingerprint density at radius 1 is 1.00 bits per heavy atom. The first-order valence-corrected chi connectivity index (χ1v) is 7.03. The topological polar surface area (TPSA) is 70.8 Å². The van der Waals surface area contributed by atoms with Crippen LogP contribution in [0.4, 0.5) is 11.5 Å². The van der Waals surface area contributed by atoms with Gasteiger partial charge in [0.1, 0.15) is 23.7 Å². The van der Waals surface area contributed by atoms with E-state index in [9.17, 15) is 5.26 Å². The van der Waals surface area contributed by atoms with Crippen LogP contribution >= 0.6 is 0 Å². The van der Waals surface area contributed by atoms with Crippen LogP contribution in [0.3, 0.4) is 0 Å². The number of hydrogen-bond acceptors (Lipinski definition) is 5. The number of rotatable bonds is 4. The van der Waals surface area contributed by atoms with E-state index in [4.69, 9.17) is 4.74 Å². The second kappa shape index (κ2) is 6.58. The Hall–Kier alpha value is -3.39. The van der Waals surface area contributed by atoms with Gasteiger partial charge in [0.2, 0.25) is 0 Å². The SMILES string of the molecule is COc1ccc(Nc2ncnc(-c3ccccc3)c2C#N)cc1. The second-order valence-electron chi connectivity index (χ2n) is 4.78. The molecule has 0 amide bonds. The van der Waals surface area contributed by atoms with E-state index in [0.29, 0.717) is 17.1 Å². The van der Waals surface area contributed by atoms with Crippen LogP contribution in [-0.2, 0) is 0 Å². The molecule has 0 bridgehead atoms. The van der Waals surface area contributed by atoms with Gasteiger partial charge in [-0.3, -0.25) is 0 Å². The summed E-state index contributed by atoms with van der Waals surface area (Å²) in [6, 6.07) is 19.2. The van der Waals surface area contributed by atoms with Crippen LogP contribution in [0.5, 0.6) is 5.75 Å². The van der Waals surface area contributed by atoms with E-state index in [-0.39, 0.29) is 0 Å². The first-order valence-electron chi connectivity index (χ1n) is 7.03. The minimum absolute atomic E-state index is 0.412. The third kappa shape index (κ3) is 3.11. The molecule has 1 N–H and O–H groups in total. The summed E-state index contributed by atoms with van der Waals surface area (Å²) >= 11 is 0. The van der Waals surface area contributed by atoms with Gasteiger partial charge in [0.15, 0.2) is 5.82 Å². The maximum atomic E-state index is 9.53. The maximum Gasteiger partial charge on any atom is 0.152 e. The van der Waals surface area contributed by atoms with Gasteiger partial charge in [-0.15, -0.1) is 0 Å². The molecular weight excluding hydrogens is 288 g/mol. The lowest BCUT2D eigenvalue weighted by Gasteiger charge is -2.10. The molecule has 0 aliphatic carbocycles. The fraction of sp³-hybridized carbons (Fsp3) is 0.0556. The summed E-state index contributed by atoms with van der Waals surface area (Å²) in [7, 11) is 1.62. The lowest BCUT2D eigenvalue weighted by atomic mass is 10.1. The Labute approximate surface area is 134 Å². The van der Waals surface area contributed by atoms with E-state index >= 15 is 0 Å². The molecule has 3 aromatic rings. The molecule has 0 spiro atoms. The average molecular weight is 302 g/mol. The third-order valence-corrected chi connectivity index (χ3v) is 3.36. The molecule has 1 heterocycles. The van der Waals surface area contributed by atoms with Crippen molar-refractivity contribution in [2.75, 3.05) is 12.4 Å². The number of methoxy groups -OCH3 is 1. The van der Waals surface area contributed by atoms with Crippen LogP contribution in [0.25, 0.3) is 11.3 Å². The van der Waals surface area contributed by atoms with Gasteiger partial charge in [-0.1, -0.05) is 30.3 Å². The smallest absolute Gasteiger partial charge is 0.152 e. The number of nitriles is 1. The minimum Gasteiger partial charge on any atom is -0.497 e. The molecule has 0 saturated carbocycles. The summed E-state index contributed by atoms with van der Waals surface area (Å²) < 4.78 is 5.14. The maximum absolute atomic E-state index is 9.53.